The van der Waals surface area contributed by atoms with Gasteiger partial charge in [-0.05, 0) is 18.2 Å². The molecule has 0 saturated heterocycles. The van der Waals surface area contributed by atoms with Gasteiger partial charge in [0, 0.05) is 31.4 Å². The zero-order valence-electron chi connectivity index (χ0n) is 17.7. The van der Waals surface area contributed by atoms with Crippen molar-refractivity contribution in [2.75, 3.05) is 6.54 Å². The zero-order valence-corrected chi connectivity index (χ0v) is 17.7. The number of nitrogens with zero attached hydrogens (tertiary/aromatic N) is 5. The van der Waals surface area contributed by atoms with Crippen LogP contribution in [0.2, 0.25) is 0 Å². The normalized spacial score (nSPS) is 13.8. The van der Waals surface area contributed by atoms with Crippen molar-refractivity contribution >= 4 is 5.91 Å². The molecule has 0 atom stereocenters. The van der Waals surface area contributed by atoms with Crippen molar-refractivity contribution in [3.05, 3.63) is 64.2 Å². The van der Waals surface area contributed by atoms with Crippen molar-refractivity contribution in [3.63, 3.8) is 0 Å². The Balaban J connectivity index is 1.52. The molecule has 4 heterocycles. The van der Waals surface area contributed by atoms with E-state index in [1.165, 1.54) is 35.3 Å². The number of halogens is 3. The molecule has 3 N–H and O–H groups in total. The molecule has 1 aliphatic rings. The second-order valence-electron chi connectivity index (χ2n) is 7.26. The van der Waals surface area contributed by atoms with E-state index in [1.54, 1.807) is 7.05 Å². The van der Waals surface area contributed by atoms with Gasteiger partial charge in [0.25, 0.3) is 11.4 Å². The molecule has 0 aliphatic carbocycles. The molecule has 11 nitrogen and oxygen atoms in total. The Hall–Kier alpha value is -4.36. The second-order valence-corrected chi connectivity index (χ2v) is 7.26. The van der Waals surface area contributed by atoms with Crippen molar-refractivity contribution in [2.24, 2.45) is 12.8 Å². The average molecular weight is 477 g/mol. The number of hydrogen-bond donors (Lipinski definition) is 2. The summed E-state index contributed by atoms with van der Waals surface area (Å²) in [4.78, 5) is 27.5. The highest BCUT2D eigenvalue weighted by atomic mass is 19.4. The van der Waals surface area contributed by atoms with Crippen LogP contribution in [0.15, 0.2) is 57.5 Å². The number of carbonyl (C=O) groups is 1. The van der Waals surface area contributed by atoms with Gasteiger partial charge in [0.15, 0.2) is 5.88 Å². The molecule has 1 aliphatic heterocycles. The Bertz CT molecular complexity index is 1350. The Kier molecular flexibility index (Phi) is 5.96. The molecule has 0 aromatic carbocycles. The number of primary amides is 1. The molecule has 4 rings (SSSR count). The van der Waals surface area contributed by atoms with Crippen LogP contribution in [0.25, 0.3) is 22.8 Å². The quantitative estimate of drug-likeness (QED) is 0.517. The van der Waals surface area contributed by atoms with Crippen LogP contribution in [0.1, 0.15) is 5.69 Å². The van der Waals surface area contributed by atoms with Crippen LogP contribution in [-0.2, 0) is 29.7 Å². The maximum Gasteiger partial charge on any atom is 0.414 e. The highest BCUT2D eigenvalue weighted by molar-refractivity contribution is 5.73. The maximum atomic E-state index is 12.7. The summed E-state index contributed by atoms with van der Waals surface area (Å²) in [5.41, 5.74) is 5.28. The fourth-order valence-corrected chi connectivity index (χ4v) is 3.12. The number of amides is 1. The summed E-state index contributed by atoms with van der Waals surface area (Å²) in [6.07, 6.45) is 0.620. The van der Waals surface area contributed by atoms with Crippen LogP contribution in [0.3, 0.4) is 0 Å². The molecular weight excluding hydrogens is 459 g/mol. The lowest BCUT2D eigenvalue weighted by Crippen LogP contribution is -2.28. The summed E-state index contributed by atoms with van der Waals surface area (Å²) < 4.78 is 51.8. The lowest BCUT2D eigenvalue weighted by atomic mass is 10.2. The molecular formula is C20H18F3N7O4. The number of dihydropyridines is 1. The van der Waals surface area contributed by atoms with Crippen LogP contribution in [-0.4, -0.2) is 43.1 Å². The molecule has 0 bridgehead atoms. The molecule has 3 aromatic heterocycles. The molecule has 0 unspecified atom stereocenters. The third-order valence-electron chi connectivity index (χ3n) is 4.92. The third-order valence-corrected chi connectivity index (χ3v) is 4.92. The van der Waals surface area contributed by atoms with Crippen LogP contribution >= 0.6 is 0 Å². The molecule has 1 amide bonds. The molecule has 0 saturated carbocycles. The smallest absolute Gasteiger partial charge is 0.414 e. The largest absolute Gasteiger partial charge is 0.473 e. The van der Waals surface area contributed by atoms with Crippen LogP contribution in [0, 0.1) is 0 Å². The molecule has 3 aromatic rings. The van der Waals surface area contributed by atoms with E-state index in [0.717, 1.165) is 10.6 Å². The second kappa shape index (κ2) is 8.88. The minimum absolute atomic E-state index is 0.0409. The minimum atomic E-state index is -4.41. The summed E-state index contributed by atoms with van der Waals surface area (Å²) in [7, 11) is 1.65. The summed E-state index contributed by atoms with van der Waals surface area (Å²) >= 11 is 0. The number of pyridine rings is 1. The van der Waals surface area contributed by atoms with Gasteiger partial charge in [-0.15, -0.1) is 0 Å². The molecule has 34 heavy (non-hydrogen) atoms. The number of rotatable bonds is 7. The van der Waals surface area contributed by atoms with Crippen molar-refractivity contribution in [3.8, 4) is 22.8 Å². The fourth-order valence-electron chi connectivity index (χ4n) is 3.12. The molecule has 0 spiro atoms. The van der Waals surface area contributed by atoms with E-state index < -0.39 is 29.8 Å². The predicted molar refractivity (Wildman–Crippen MR) is 110 cm³/mol. The van der Waals surface area contributed by atoms with Gasteiger partial charge < -0.3 is 24.9 Å². The van der Waals surface area contributed by atoms with Crippen molar-refractivity contribution in [1.82, 2.24) is 29.8 Å². The highest BCUT2D eigenvalue weighted by Crippen LogP contribution is 2.28. The van der Waals surface area contributed by atoms with Crippen molar-refractivity contribution in [2.45, 2.75) is 19.3 Å². The van der Waals surface area contributed by atoms with E-state index in [2.05, 4.69) is 20.6 Å². The number of alkyl halides is 3. The van der Waals surface area contributed by atoms with Gasteiger partial charge in [0.05, 0.1) is 23.0 Å². The standard InChI is InChI=1S/C20H18F3N7O4/c1-29-14(10-33-16-3-2-12(7-25-16)20(21,22)23)13(8-26-29)19-27-18(28-34-19)11-4-5-30(9-15(24)31)17(32)6-11/h2-6,8,25H,7,9-10H2,1H3,(H2,24,31). The topological polar surface area (TPSA) is 143 Å². The minimum Gasteiger partial charge on any atom is -0.473 e. The number of nitrogens with one attached hydrogen (secondary N) is 1. The fraction of sp³-hybridized carbons (Fsp3) is 0.250. The van der Waals surface area contributed by atoms with E-state index in [1.807, 2.05) is 0 Å². The van der Waals surface area contributed by atoms with Gasteiger partial charge >= 0.3 is 6.18 Å². The number of nitrogens with two attached hydrogens (primary N) is 1. The Labute approximate surface area is 189 Å². The SMILES string of the molecule is Cn1ncc(-c2nc(-c3ccn(CC(N)=O)c(=O)c3)no2)c1COC1=CC=C(C(F)(F)F)CN1. The first kappa shape index (κ1) is 22.8. The van der Waals surface area contributed by atoms with Gasteiger partial charge in [-0.25, -0.2) is 0 Å². The molecule has 0 radical (unpaired) electrons. The lowest BCUT2D eigenvalue weighted by molar-refractivity contribution is -0.118. The Morgan fingerprint density at radius 3 is 2.79 bits per heavy atom. The predicted octanol–water partition coefficient (Wildman–Crippen LogP) is 1.23. The number of ether oxygens (including phenoxy) is 1. The molecule has 0 fully saturated rings. The number of aryl methyl sites for hydroxylation is 1. The van der Waals surface area contributed by atoms with E-state index in [9.17, 15) is 22.8 Å². The maximum absolute atomic E-state index is 12.7. The molecule has 14 heteroatoms. The summed E-state index contributed by atoms with van der Waals surface area (Å²) in [5.74, 6) is -0.245. The van der Waals surface area contributed by atoms with Gasteiger partial charge in [0.2, 0.25) is 11.7 Å². The van der Waals surface area contributed by atoms with Crippen LogP contribution in [0.4, 0.5) is 13.2 Å². The summed E-state index contributed by atoms with van der Waals surface area (Å²) in [6, 6.07) is 2.78. The van der Waals surface area contributed by atoms with Crippen molar-refractivity contribution in [1.29, 1.82) is 0 Å². The van der Waals surface area contributed by atoms with E-state index in [0.29, 0.717) is 16.8 Å². The highest BCUT2D eigenvalue weighted by Gasteiger charge is 2.34. The number of allylic oxidation sites excluding steroid dienone is 2. The monoisotopic (exact) mass is 477 g/mol. The van der Waals surface area contributed by atoms with Gasteiger partial charge in [-0.1, -0.05) is 5.16 Å². The Morgan fingerprint density at radius 2 is 2.15 bits per heavy atom. The molecule has 178 valence electrons. The first-order valence-electron chi connectivity index (χ1n) is 9.80. The van der Waals surface area contributed by atoms with Gasteiger partial charge in [-0.2, -0.15) is 23.3 Å². The zero-order chi connectivity index (χ0) is 24.5. The third kappa shape index (κ3) is 4.84. The van der Waals surface area contributed by atoms with E-state index >= 15 is 0 Å². The number of carbonyl (C=O) groups excluding carboxylic acids is 1. The van der Waals surface area contributed by atoms with Gasteiger partial charge in [0.1, 0.15) is 13.2 Å². The number of aromatic nitrogens is 5. The van der Waals surface area contributed by atoms with Crippen LogP contribution in [0.5, 0.6) is 0 Å². The first-order valence-corrected chi connectivity index (χ1v) is 9.80. The van der Waals surface area contributed by atoms with E-state index in [4.69, 9.17) is 15.0 Å². The first-order chi connectivity index (χ1) is 16.1. The summed E-state index contributed by atoms with van der Waals surface area (Å²) in [6.45, 7) is -0.701. The average Bonchev–Trinajstić information content (AvgIpc) is 3.40. The number of hydrogen-bond acceptors (Lipinski definition) is 8. The summed E-state index contributed by atoms with van der Waals surface area (Å²) in [5, 5.41) is 10.6. The van der Waals surface area contributed by atoms with E-state index in [-0.39, 0.29) is 30.7 Å². The Morgan fingerprint density at radius 1 is 1.35 bits per heavy atom. The van der Waals surface area contributed by atoms with Gasteiger partial charge in [-0.3, -0.25) is 14.3 Å². The van der Waals surface area contributed by atoms with Crippen LogP contribution < -0.4 is 16.6 Å². The lowest BCUT2D eigenvalue weighted by Gasteiger charge is -2.19. The van der Waals surface area contributed by atoms with Crippen molar-refractivity contribution < 1.29 is 27.2 Å².